The maximum atomic E-state index is 11.9. The maximum absolute atomic E-state index is 11.9. The zero-order valence-electron chi connectivity index (χ0n) is 11.8. The SMILES string of the molecule is CCc1ccc2c(c1)CC1(C2)OC(=O)Nc2ncccc21. The van der Waals surface area contributed by atoms with Crippen LogP contribution in [-0.4, -0.2) is 11.1 Å². The molecule has 21 heavy (non-hydrogen) atoms. The lowest BCUT2D eigenvalue weighted by Gasteiger charge is -2.34. The van der Waals surface area contributed by atoms with E-state index in [1.54, 1.807) is 6.20 Å². The third-order valence-corrected chi connectivity index (χ3v) is 4.44. The predicted octanol–water partition coefficient (Wildman–Crippen LogP) is 3.20. The molecule has 1 unspecified atom stereocenters. The Morgan fingerprint density at radius 1 is 1.29 bits per heavy atom. The van der Waals surface area contributed by atoms with Gasteiger partial charge in [0.2, 0.25) is 0 Å². The largest absolute Gasteiger partial charge is 0.437 e. The third-order valence-electron chi connectivity index (χ3n) is 4.44. The van der Waals surface area contributed by atoms with E-state index in [0.717, 1.165) is 24.8 Å². The molecular weight excluding hydrogens is 264 g/mol. The number of anilines is 1. The molecule has 0 bridgehead atoms. The van der Waals surface area contributed by atoms with E-state index in [4.69, 9.17) is 4.74 Å². The van der Waals surface area contributed by atoms with Crippen molar-refractivity contribution in [3.05, 3.63) is 58.8 Å². The second-order valence-corrected chi connectivity index (χ2v) is 5.72. The Balaban J connectivity index is 1.82. The molecular formula is C17H16N2O2. The summed E-state index contributed by atoms with van der Waals surface area (Å²) in [4.78, 5) is 16.2. The van der Waals surface area contributed by atoms with Crippen LogP contribution in [-0.2, 0) is 29.6 Å². The second-order valence-electron chi connectivity index (χ2n) is 5.72. The number of amides is 1. The fourth-order valence-corrected chi connectivity index (χ4v) is 3.40. The summed E-state index contributed by atoms with van der Waals surface area (Å²) in [7, 11) is 0. The number of carbonyl (C=O) groups is 1. The minimum atomic E-state index is -0.597. The minimum absolute atomic E-state index is 0.412. The minimum Gasteiger partial charge on any atom is -0.437 e. The van der Waals surface area contributed by atoms with Crippen LogP contribution < -0.4 is 5.32 Å². The lowest BCUT2D eigenvalue weighted by Crippen LogP contribution is -2.40. The van der Waals surface area contributed by atoms with Crippen molar-refractivity contribution in [2.24, 2.45) is 0 Å². The van der Waals surface area contributed by atoms with Gasteiger partial charge in [-0.05, 0) is 35.2 Å². The summed E-state index contributed by atoms with van der Waals surface area (Å²) in [6.07, 6.45) is 3.74. The third kappa shape index (κ3) is 1.82. The Bertz CT molecular complexity index is 741. The first kappa shape index (κ1) is 12.4. The maximum Gasteiger partial charge on any atom is 0.413 e. The molecule has 1 aliphatic carbocycles. The highest BCUT2D eigenvalue weighted by atomic mass is 16.6. The van der Waals surface area contributed by atoms with Crippen molar-refractivity contribution in [2.45, 2.75) is 31.8 Å². The first-order valence-corrected chi connectivity index (χ1v) is 7.26. The molecule has 2 aliphatic rings. The summed E-state index contributed by atoms with van der Waals surface area (Å²) in [6.45, 7) is 2.15. The molecule has 0 radical (unpaired) electrons. The van der Waals surface area contributed by atoms with Crippen molar-refractivity contribution in [3.8, 4) is 0 Å². The highest BCUT2D eigenvalue weighted by Gasteiger charge is 2.47. The molecule has 4 rings (SSSR count). The summed E-state index contributed by atoms with van der Waals surface area (Å²) < 4.78 is 5.73. The van der Waals surface area contributed by atoms with Crippen LogP contribution >= 0.6 is 0 Å². The molecule has 1 aromatic carbocycles. The molecule has 1 N–H and O–H groups in total. The number of aromatic nitrogens is 1. The molecule has 0 saturated heterocycles. The number of fused-ring (bicyclic) bond motifs is 3. The van der Waals surface area contributed by atoms with Gasteiger partial charge in [-0.25, -0.2) is 9.78 Å². The lowest BCUT2D eigenvalue weighted by atomic mass is 9.90. The number of carbonyl (C=O) groups excluding carboxylic acids is 1. The van der Waals surface area contributed by atoms with E-state index in [1.807, 2.05) is 12.1 Å². The van der Waals surface area contributed by atoms with Gasteiger partial charge in [0.25, 0.3) is 0 Å². The highest BCUT2D eigenvalue weighted by molar-refractivity contribution is 5.87. The second kappa shape index (κ2) is 4.32. The molecule has 0 fully saturated rings. The monoisotopic (exact) mass is 280 g/mol. The van der Waals surface area contributed by atoms with Crippen LogP contribution in [0.3, 0.4) is 0 Å². The van der Waals surface area contributed by atoms with Crippen molar-refractivity contribution in [1.82, 2.24) is 4.98 Å². The van der Waals surface area contributed by atoms with Gasteiger partial charge in [-0.1, -0.05) is 25.1 Å². The quantitative estimate of drug-likeness (QED) is 0.872. The van der Waals surface area contributed by atoms with Crippen LogP contribution in [0.2, 0.25) is 0 Å². The van der Waals surface area contributed by atoms with Gasteiger partial charge in [-0.3, -0.25) is 5.32 Å². The number of benzene rings is 1. The van der Waals surface area contributed by atoms with Crippen molar-refractivity contribution in [1.29, 1.82) is 0 Å². The van der Waals surface area contributed by atoms with Gasteiger partial charge in [0, 0.05) is 24.6 Å². The van der Waals surface area contributed by atoms with Gasteiger partial charge in [0.05, 0.1) is 0 Å². The Labute approximate surface area is 123 Å². The molecule has 1 spiro atoms. The fourth-order valence-electron chi connectivity index (χ4n) is 3.40. The van der Waals surface area contributed by atoms with Crippen LogP contribution in [0.5, 0.6) is 0 Å². The Morgan fingerprint density at radius 2 is 2.14 bits per heavy atom. The van der Waals surface area contributed by atoms with E-state index in [1.165, 1.54) is 16.7 Å². The first-order chi connectivity index (χ1) is 10.2. The number of hydrogen-bond acceptors (Lipinski definition) is 3. The van der Waals surface area contributed by atoms with Crippen LogP contribution in [0.25, 0.3) is 0 Å². The Hall–Kier alpha value is -2.36. The van der Waals surface area contributed by atoms with E-state index in [2.05, 4.69) is 35.4 Å². The summed E-state index contributed by atoms with van der Waals surface area (Å²) in [5.41, 5.74) is 4.23. The van der Waals surface area contributed by atoms with Crippen LogP contribution in [0.1, 0.15) is 29.2 Å². The van der Waals surface area contributed by atoms with E-state index < -0.39 is 11.7 Å². The van der Waals surface area contributed by atoms with Gasteiger partial charge >= 0.3 is 6.09 Å². The summed E-state index contributed by atoms with van der Waals surface area (Å²) in [6, 6.07) is 10.4. The number of ether oxygens (including phenoxy) is 1. The normalized spacial score (nSPS) is 22.4. The first-order valence-electron chi connectivity index (χ1n) is 7.26. The molecule has 1 atom stereocenters. The number of hydrogen-bond donors (Lipinski definition) is 1. The summed E-state index contributed by atoms with van der Waals surface area (Å²) >= 11 is 0. The molecule has 1 amide bonds. The number of rotatable bonds is 1. The van der Waals surface area contributed by atoms with E-state index in [0.29, 0.717) is 5.82 Å². The average Bonchev–Trinajstić information content (AvgIpc) is 2.84. The standard InChI is InChI=1S/C17H16N2O2/c1-2-11-5-6-12-9-17(10-13(12)8-11)14-4-3-7-18-15(14)19-16(20)21-17/h3-8H,2,9-10H2,1H3,(H,18,19,20). The highest BCUT2D eigenvalue weighted by Crippen LogP contribution is 2.45. The summed E-state index contributed by atoms with van der Waals surface area (Å²) in [5, 5.41) is 2.69. The van der Waals surface area contributed by atoms with Crippen LogP contribution in [0.15, 0.2) is 36.5 Å². The number of pyridine rings is 1. The number of nitrogens with one attached hydrogen (secondary N) is 1. The summed E-state index contributed by atoms with van der Waals surface area (Å²) in [5.74, 6) is 0.622. The van der Waals surface area contributed by atoms with Crippen molar-refractivity contribution < 1.29 is 9.53 Å². The van der Waals surface area contributed by atoms with E-state index >= 15 is 0 Å². The van der Waals surface area contributed by atoms with Gasteiger partial charge in [0.1, 0.15) is 5.82 Å². The van der Waals surface area contributed by atoms with Crippen molar-refractivity contribution in [2.75, 3.05) is 5.32 Å². The predicted molar refractivity (Wildman–Crippen MR) is 79.2 cm³/mol. The topological polar surface area (TPSA) is 51.2 Å². The van der Waals surface area contributed by atoms with Gasteiger partial charge < -0.3 is 4.74 Å². The molecule has 2 aromatic rings. The zero-order valence-corrected chi connectivity index (χ0v) is 11.8. The van der Waals surface area contributed by atoms with Crippen molar-refractivity contribution >= 4 is 11.9 Å². The van der Waals surface area contributed by atoms with Gasteiger partial charge in [0.15, 0.2) is 5.60 Å². The Morgan fingerprint density at radius 3 is 3.00 bits per heavy atom. The van der Waals surface area contributed by atoms with Crippen LogP contribution in [0.4, 0.5) is 10.6 Å². The lowest BCUT2D eigenvalue weighted by molar-refractivity contribution is 0.0194. The molecule has 0 saturated carbocycles. The molecule has 106 valence electrons. The zero-order chi connectivity index (χ0) is 14.4. The Kier molecular flexibility index (Phi) is 2.55. The molecule has 1 aliphatic heterocycles. The van der Waals surface area contributed by atoms with E-state index in [9.17, 15) is 4.79 Å². The van der Waals surface area contributed by atoms with E-state index in [-0.39, 0.29) is 0 Å². The van der Waals surface area contributed by atoms with Gasteiger partial charge in [-0.15, -0.1) is 0 Å². The molecule has 2 heterocycles. The van der Waals surface area contributed by atoms with Gasteiger partial charge in [-0.2, -0.15) is 0 Å². The number of aryl methyl sites for hydroxylation is 1. The average molecular weight is 280 g/mol. The number of nitrogens with zero attached hydrogens (tertiary/aromatic N) is 1. The molecule has 1 aromatic heterocycles. The van der Waals surface area contributed by atoms with Crippen LogP contribution in [0, 0.1) is 0 Å². The van der Waals surface area contributed by atoms with Crippen molar-refractivity contribution in [3.63, 3.8) is 0 Å². The smallest absolute Gasteiger partial charge is 0.413 e. The molecule has 4 nitrogen and oxygen atoms in total. The fraction of sp³-hybridized carbons (Fsp3) is 0.294. The molecule has 4 heteroatoms.